The van der Waals surface area contributed by atoms with Crippen LogP contribution in [0.3, 0.4) is 0 Å². The van der Waals surface area contributed by atoms with Crippen LogP contribution >= 0.6 is 0 Å². The molecule has 5 rings (SSSR count). The molecule has 1 atom stereocenters. The predicted molar refractivity (Wildman–Crippen MR) is 251 cm³/mol. The SMILES string of the molecule is CCCCCCCCCCCCCCCCCCN1C(C(C(=O)Nc2cc(C(C)(C)C)ccc2OCCCOc2ccc(OC)cc2)n2ccnc2)=Nc2ccccc2S1(=O)=O. The van der Waals surface area contributed by atoms with Crippen LogP contribution in [0, 0.1) is 0 Å². The third-order valence-electron chi connectivity index (χ3n) is 11.4. The summed E-state index contributed by atoms with van der Waals surface area (Å²) in [6.45, 7) is 9.56. The third kappa shape index (κ3) is 14.4. The van der Waals surface area contributed by atoms with Crippen molar-refractivity contribution in [2.75, 3.05) is 32.2 Å². The molecule has 0 bridgehead atoms. The number of aliphatic imine (C=N–C) groups is 1. The number of anilines is 1. The van der Waals surface area contributed by atoms with E-state index in [1.54, 1.807) is 48.3 Å². The highest BCUT2D eigenvalue weighted by Gasteiger charge is 2.41. The number of hydrogen-bond acceptors (Lipinski definition) is 8. The van der Waals surface area contributed by atoms with Gasteiger partial charge in [-0.05, 0) is 65.9 Å². The first-order chi connectivity index (χ1) is 30.0. The number of amidine groups is 1. The number of ether oxygens (including phenoxy) is 3. The molecule has 3 aromatic carbocycles. The number of amides is 1. The molecule has 0 fully saturated rings. The van der Waals surface area contributed by atoms with Gasteiger partial charge in [0.1, 0.15) is 22.1 Å². The van der Waals surface area contributed by atoms with Gasteiger partial charge in [0.2, 0.25) is 0 Å². The van der Waals surface area contributed by atoms with Crippen molar-refractivity contribution in [3.63, 3.8) is 0 Å². The van der Waals surface area contributed by atoms with Gasteiger partial charge in [0.05, 0.1) is 38.0 Å². The Labute approximate surface area is 371 Å². The first-order valence-corrected chi connectivity index (χ1v) is 24.5. The van der Waals surface area contributed by atoms with E-state index in [1.165, 1.54) is 87.7 Å². The van der Waals surface area contributed by atoms with E-state index in [9.17, 15) is 13.2 Å². The van der Waals surface area contributed by atoms with E-state index in [4.69, 9.17) is 19.2 Å². The minimum absolute atomic E-state index is 0.130. The van der Waals surface area contributed by atoms with Crippen LogP contribution in [0.4, 0.5) is 11.4 Å². The standard InChI is InChI=1S/C50H71N5O6S/c1-6-7-8-9-10-11-12-13-14-15-16-17-18-19-20-23-34-55-48(52-43-25-21-22-26-46(43)62(55,57)58)47(54-35-33-51-39-54)49(56)53-44-38-40(50(2,3)4)27-32-45(44)61-37-24-36-60-42-30-28-41(59-5)29-31-42/h21-22,25-33,35,38-39,47H,6-20,23-24,34,36-37H2,1-5H3,(H,53,56). The Morgan fingerprint density at radius 1 is 0.742 bits per heavy atom. The molecule has 11 nitrogen and oxygen atoms in total. The summed E-state index contributed by atoms with van der Waals surface area (Å²) in [4.78, 5) is 24.1. The summed E-state index contributed by atoms with van der Waals surface area (Å²) in [5, 5.41) is 3.12. The molecule has 0 saturated heterocycles. The first-order valence-electron chi connectivity index (χ1n) is 23.1. The zero-order valence-corrected chi connectivity index (χ0v) is 38.8. The number of benzene rings is 3. The van der Waals surface area contributed by atoms with Crippen LogP contribution in [0.2, 0.25) is 0 Å². The van der Waals surface area contributed by atoms with Crippen LogP contribution in [0.1, 0.15) is 148 Å². The van der Waals surface area contributed by atoms with Crippen molar-refractivity contribution in [3.8, 4) is 17.2 Å². The van der Waals surface area contributed by atoms with Crippen LogP contribution < -0.4 is 19.5 Å². The minimum atomic E-state index is -4.02. The zero-order chi connectivity index (χ0) is 44.2. The number of unbranched alkanes of at least 4 members (excludes halogenated alkanes) is 15. The highest BCUT2D eigenvalue weighted by molar-refractivity contribution is 7.90. The Hall–Kier alpha value is -4.84. The second-order valence-electron chi connectivity index (χ2n) is 17.4. The van der Waals surface area contributed by atoms with Crippen LogP contribution in [0.15, 0.2) is 95.3 Å². The molecular weight excluding hydrogens is 799 g/mol. The molecule has 0 aliphatic carbocycles. The molecule has 1 unspecified atom stereocenters. The number of hydrogen-bond donors (Lipinski definition) is 1. The van der Waals surface area contributed by atoms with Gasteiger partial charge >= 0.3 is 0 Å². The molecule has 1 aliphatic rings. The maximum Gasteiger partial charge on any atom is 0.267 e. The predicted octanol–water partition coefficient (Wildman–Crippen LogP) is 12.2. The largest absolute Gasteiger partial charge is 0.497 e. The summed E-state index contributed by atoms with van der Waals surface area (Å²) in [7, 11) is -2.40. The topological polar surface area (TPSA) is 124 Å². The second kappa shape index (κ2) is 24.7. The van der Waals surface area contributed by atoms with Gasteiger partial charge < -0.3 is 24.1 Å². The molecule has 2 heterocycles. The summed E-state index contributed by atoms with van der Waals surface area (Å²) >= 11 is 0. The third-order valence-corrected chi connectivity index (χ3v) is 13.3. The van der Waals surface area contributed by atoms with Gasteiger partial charge in [-0.3, -0.25) is 9.10 Å². The molecule has 0 radical (unpaired) electrons. The number of para-hydroxylation sites is 1. The van der Waals surface area contributed by atoms with E-state index in [0.717, 1.165) is 36.3 Å². The number of aromatic nitrogens is 2. The lowest BCUT2D eigenvalue weighted by molar-refractivity contribution is -0.117. The van der Waals surface area contributed by atoms with Crippen LogP contribution in [0.25, 0.3) is 0 Å². The fraction of sp³-hybridized carbons (Fsp3) is 0.540. The van der Waals surface area contributed by atoms with Gasteiger partial charge in [-0.1, -0.05) is 142 Å². The molecule has 1 N–H and O–H groups in total. The van der Waals surface area contributed by atoms with E-state index in [0.29, 0.717) is 43.2 Å². The van der Waals surface area contributed by atoms with Crippen molar-refractivity contribution in [1.29, 1.82) is 0 Å². The van der Waals surface area contributed by atoms with E-state index >= 15 is 0 Å². The summed E-state index contributed by atoms with van der Waals surface area (Å²) in [6.07, 6.45) is 25.0. The smallest absolute Gasteiger partial charge is 0.267 e. The number of imidazole rings is 1. The van der Waals surface area contributed by atoms with Crippen molar-refractivity contribution in [1.82, 2.24) is 13.9 Å². The molecule has 338 valence electrons. The van der Waals surface area contributed by atoms with Crippen molar-refractivity contribution in [3.05, 3.63) is 91.0 Å². The zero-order valence-electron chi connectivity index (χ0n) is 37.9. The molecular formula is C50H71N5O6S. The van der Waals surface area contributed by atoms with Gasteiger partial charge in [0, 0.05) is 25.4 Å². The number of carbonyl (C=O) groups is 1. The number of nitrogens with one attached hydrogen (secondary N) is 1. The summed E-state index contributed by atoms with van der Waals surface area (Å²) in [6, 6.07) is 18.8. The van der Waals surface area contributed by atoms with Gasteiger partial charge in [-0.2, -0.15) is 0 Å². The molecule has 1 aromatic heterocycles. The van der Waals surface area contributed by atoms with E-state index in [2.05, 4.69) is 38.0 Å². The Bertz CT molecular complexity index is 2080. The number of carbonyl (C=O) groups excluding carboxylic acids is 1. The average molecular weight is 870 g/mol. The number of rotatable bonds is 28. The van der Waals surface area contributed by atoms with E-state index in [1.807, 2.05) is 42.5 Å². The molecule has 4 aromatic rings. The molecule has 12 heteroatoms. The number of methoxy groups -OCH3 is 1. The van der Waals surface area contributed by atoms with Crippen molar-refractivity contribution >= 4 is 33.1 Å². The monoisotopic (exact) mass is 870 g/mol. The molecule has 0 spiro atoms. The quantitative estimate of drug-likeness (QED) is 0.0564. The normalized spacial score (nSPS) is 13.9. The van der Waals surface area contributed by atoms with Gasteiger partial charge in [0.25, 0.3) is 15.9 Å². The van der Waals surface area contributed by atoms with Crippen LogP contribution in [-0.4, -0.2) is 60.9 Å². The Morgan fingerprint density at radius 3 is 1.94 bits per heavy atom. The lowest BCUT2D eigenvalue weighted by Gasteiger charge is -2.34. The fourth-order valence-corrected chi connectivity index (χ4v) is 9.38. The Morgan fingerprint density at radius 2 is 1.34 bits per heavy atom. The minimum Gasteiger partial charge on any atom is -0.497 e. The maximum atomic E-state index is 14.7. The summed E-state index contributed by atoms with van der Waals surface area (Å²) < 4.78 is 49.2. The Balaban J connectivity index is 1.24. The molecule has 1 aliphatic heterocycles. The first kappa shape index (κ1) is 48.2. The lowest BCUT2D eigenvalue weighted by Crippen LogP contribution is -2.47. The number of nitrogens with zero attached hydrogens (tertiary/aromatic N) is 4. The highest BCUT2D eigenvalue weighted by Crippen LogP contribution is 2.37. The average Bonchev–Trinajstić information content (AvgIpc) is 3.79. The molecule has 1 amide bonds. The van der Waals surface area contributed by atoms with Crippen molar-refractivity contribution in [2.24, 2.45) is 4.99 Å². The maximum absolute atomic E-state index is 14.7. The van der Waals surface area contributed by atoms with E-state index in [-0.39, 0.29) is 22.7 Å². The highest BCUT2D eigenvalue weighted by atomic mass is 32.2. The van der Waals surface area contributed by atoms with Gasteiger partial charge in [-0.25, -0.2) is 18.4 Å². The van der Waals surface area contributed by atoms with Crippen molar-refractivity contribution < 1.29 is 27.4 Å². The van der Waals surface area contributed by atoms with Crippen LogP contribution in [-0.2, 0) is 20.2 Å². The fourth-order valence-electron chi connectivity index (χ4n) is 7.76. The van der Waals surface area contributed by atoms with Crippen LogP contribution in [0.5, 0.6) is 17.2 Å². The van der Waals surface area contributed by atoms with Gasteiger partial charge in [-0.15, -0.1) is 0 Å². The second-order valence-corrected chi connectivity index (χ2v) is 19.2. The summed E-state index contributed by atoms with van der Waals surface area (Å²) in [5.74, 6) is 1.65. The van der Waals surface area contributed by atoms with E-state index < -0.39 is 22.0 Å². The molecule has 62 heavy (non-hydrogen) atoms. The van der Waals surface area contributed by atoms with Gasteiger partial charge in [0.15, 0.2) is 11.9 Å². The lowest BCUT2D eigenvalue weighted by atomic mass is 9.87. The molecule has 0 saturated carbocycles. The Kier molecular flexibility index (Phi) is 19.2. The summed E-state index contributed by atoms with van der Waals surface area (Å²) in [5.41, 5.74) is 1.56. The number of fused-ring (bicyclic) bond motifs is 1. The van der Waals surface area contributed by atoms with Crippen molar-refractivity contribution in [2.45, 2.75) is 153 Å². The number of sulfonamides is 1.